The molecule has 0 radical (unpaired) electrons. The summed E-state index contributed by atoms with van der Waals surface area (Å²) in [6, 6.07) is 7.70. The van der Waals surface area contributed by atoms with Crippen molar-refractivity contribution in [3.05, 3.63) is 46.0 Å². The number of carbonyl (C=O) groups is 1. The molecule has 0 spiro atoms. The van der Waals surface area contributed by atoms with Crippen LogP contribution >= 0.6 is 22.7 Å². The number of nitrogens with one attached hydrogen (secondary N) is 1. The van der Waals surface area contributed by atoms with Gasteiger partial charge in [0.2, 0.25) is 5.91 Å². The normalized spacial score (nSPS) is 12.8. The number of hydrogen-bond acceptors (Lipinski definition) is 6. The fourth-order valence-electron chi connectivity index (χ4n) is 2.41. The Labute approximate surface area is 146 Å². The molecule has 3 heterocycles. The Balaban J connectivity index is 1.47. The number of fused-ring (bicyclic) bond motifs is 1. The van der Waals surface area contributed by atoms with Gasteiger partial charge < -0.3 is 14.8 Å². The Morgan fingerprint density at radius 3 is 2.88 bits per heavy atom. The monoisotopic (exact) mass is 358 g/mol. The Bertz CT molecular complexity index is 859. The second kappa shape index (κ2) is 6.62. The minimum atomic E-state index is -0.0588. The van der Waals surface area contributed by atoms with Gasteiger partial charge in [-0.15, -0.1) is 11.3 Å². The summed E-state index contributed by atoms with van der Waals surface area (Å²) in [7, 11) is 0. The van der Waals surface area contributed by atoms with Crippen molar-refractivity contribution in [2.75, 3.05) is 18.5 Å². The van der Waals surface area contributed by atoms with E-state index in [0.29, 0.717) is 24.8 Å². The van der Waals surface area contributed by atoms with Crippen LogP contribution in [0.1, 0.15) is 5.56 Å². The first-order chi connectivity index (χ1) is 11.8. The van der Waals surface area contributed by atoms with Gasteiger partial charge >= 0.3 is 0 Å². The van der Waals surface area contributed by atoms with E-state index in [-0.39, 0.29) is 5.91 Å². The Hall–Kier alpha value is -2.38. The standard InChI is InChI=1S/C17H14N2O3S2/c20-16(7-11-3-6-23-9-11)19-17-18-13(10-24-17)12-1-2-14-15(8-12)22-5-4-21-14/h1-3,6,8-10H,4-5,7H2,(H,18,19,20). The number of anilines is 1. The van der Waals surface area contributed by atoms with Crippen LogP contribution in [0.2, 0.25) is 0 Å². The van der Waals surface area contributed by atoms with Gasteiger partial charge in [-0.3, -0.25) is 4.79 Å². The molecular weight excluding hydrogens is 344 g/mol. The molecule has 0 unspecified atom stereocenters. The van der Waals surface area contributed by atoms with Crippen molar-refractivity contribution in [2.45, 2.75) is 6.42 Å². The number of thiazole rings is 1. The van der Waals surface area contributed by atoms with Crippen LogP contribution in [0.5, 0.6) is 11.5 Å². The summed E-state index contributed by atoms with van der Waals surface area (Å²) in [5.74, 6) is 1.43. The first-order valence-electron chi connectivity index (χ1n) is 7.44. The molecule has 0 saturated heterocycles. The van der Waals surface area contributed by atoms with E-state index < -0.39 is 0 Å². The van der Waals surface area contributed by atoms with E-state index in [9.17, 15) is 4.79 Å². The van der Waals surface area contributed by atoms with Gasteiger partial charge in [0.05, 0.1) is 12.1 Å². The molecule has 0 bridgehead atoms. The third-order valence-corrected chi connectivity index (χ3v) is 5.02. The zero-order valence-electron chi connectivity index (χ0n) is 12.7. The van der Waals surface area contributed by atoms with E-state index >= 15 is 0 Å². The number of aromatic nitrogens is 1. The highest BCUT2D eigenvalue weighted by Gasteiger charge is 2.14. The topological polar surface area (TPSA) is 60.5 Å². The third kappa shape index (κ3) is 3.27. The number of nitrogens with zero attached hydrogens (tertiary/aromatic N) is 1. The lowest BCUT2D eigenvalue weighted by Gasteiger charge is -2.18. The fraction of sp³-hybridized carbons (Fsp3) is 0.176. The summed E-state index contributed by atoms with van der Waals surface area (Å²) in [5.41, 5.74) is 2.76. The van der Waals surface area contributed by atoms with Crippen molar-refractivity contribution in [2.24, 2.45) is 0 Å². The molecule has 2 aromatic heterocycles. The molecule has 7 heteroatoms. The van der Waals surface area contributed by atoms with Crippen LogP contribution in [-0.4, -0.2) is 24.1 Å². The maximum atomic E-state index is 12.0. The largest absolute Gasteiger partial charge is 0.486 e. The molecule has 0 aliphatic carbocycles. The van der Waals surface area contributed by atoms with Gasteiger partial charge in [-0.05, 0) is 40.6 Å². The van der Waals surface area contributed by atoms with Crippen LogP contribution in [0.15, 0.2) is 40.4 Å². The number of hydrogen-bond donors (Lipinski definition) is 1. The Morgan fingerprint density at radius 1 is 1.17 bits per heavy atom. The van der Waals surface area contributed by atoms with Crippen molar-refractivity contribution < 1.29 is 14.3 Å². The van der Waals surface area contributed by atoms with Gasteiger partial charge in [-0.1, -0.05) is 0 Å². The Kier molecular flexibility index (Phi) is 4.18. The fourth-order valence-corrected chi connectivity index (χ4v) is 3.81. The van der Waals surface area contributed by atoms with Crippen LogP contribution in [0.4, 0.5) is 5.13 Å². The second-order valence-electron chi connectivity index (χ2n) is 5.25. The van der Waals surface area contributed by atoms with Gasteiger partial charge in [-0.2, -0.15) is 11.3 Å². The number of ether oxygens (including phenoxy) is 2. The van der Waals surface area contributed by atoms with Crippen molar-refractivity contribution in [3.63, 3.8) is 0 Å². The SMILES string of the molecule is O=C(Cc1ccsc1)Nc1nc(-c2ccc3c(c2)OCCO3)cs1. The molecule has 0 fully saturated rings. The highest BCUT2D eigenvalue weighted by molar-refractivity contribution is 7.14. The van der Waals surface area contributed by atoms with E-state index in [1.807, 2.05) is 40.4 Å². The lowest BCUT2D eigenvalue weighted by atomic mass is 10.1. The molecule has 3 aromatic rings. The number of benzene rings is 1. The first-order valence-corrected chi connectivity index (χ1v) is 9.27. The Morgan fingerprint density at radius 2 is 2.04 bits per heavy atom. The minimum absolute atomic E-state index is 0.0588. The molecule has 1 aliphatic rings. The lowest BCUT2D eigenvalue weighted by molar-refractivity contribution is -0.115. The quantitative estimate of drug-likeness (QED) is 0.770. The third-order valence-electron chi connectivity index (χ3n) is 3.53. The van der Waals surface area contributed by atoms with Crippen LogP contribution in [0.25, 0.3) is 11.3 Å². The molecule has 0 saturated carbocycles. The van der Waals surface area contributed by atoms with E-state index in [4.69, 9.17) is 9.47 Å². The molecule has 24 heavy (non-hydrogen) atoms. The predicted molar refractivity (Wildman–Crippen MR) is 95.2 cm³/mol. The van der Waals surface area contributed by atoms with Crippen LogP contribution < -0.4 is 14.8 Å². The molecular formula is C17H14N2O3S2. The average molecular weight is 358 g/mol. The van der Waals surface area contributed by atoms with E-state index in [1.165, 1.54) is 11.3 Å². The smallest absolute Gasteiger partial charge is 0.230 e. The second-order valence-corrected chi connectivity index (χ2v) is 6.89. The average Bonchev–Trinajstić information content (AvgIpc) is 3.26. The zero-order valence-corrected chi connectivity index (χ0v) is 14.3. The van der Waals surface area contributed by atoms with E-state index in [0.717, 1.165) is 28.3 Å². The van der Waals surface area contributed by atoms with Crippen molar-refractivity contribution >= 4 is 33.7 Å². The molecule has 5 nitrogen and oxygen atoms in total. The molecule has 4 rings (SSSR count). The molecule has 122 valence electrons. The lowest BCUT2D eigenvalue weighted by Crippen LogP contribution is -2.15. The summed E-state index contributed by atoms with van der Waals surface area (Å²) < 4.78 is 11.1. The van der Waals surface area contributed by atoms with E-state index in [1.54, 1.807) is 11.3 Å². The van der Waals surface area contributed by atoms with Crippen molar-refractivity contribution in [3.8, 4) is 22.8 Å². The van der Waals surface area contributed by atoms with Crippen LogP contribution in [0, 0.1) is 0 Å². The van der Waals surface area contributed by atoms with Crippen molar-refractivity contribution in [1.29, 1.82) is 0 Å². The summed E-state index contributed by atoms with van der Waals surface area (Å²) in [6.07, 6.45) is 0.364. The van der Waals surface area contributed by atoms with Gasteiger partial charge in [-0.25, -0.2) is 4.98 Å². The van der Waals surface area contributed by atoms with Gasteiger partial charge in [0.15, 0.2) is 16.6 Å². The minimum Gasteiger partial charge on any atom is -0.486 e. The molecule has 1 N–H and O–H groups in total. The highest BCUT2D eigenvalue weighted by atomic mass is 32.1. The highest BCUT2D eigenvalue weighted by Crippen LogP contribution is 2.35. The summed E-state index contributed by atoms with van der Waals surface area (Å²) in [6.45, 7) is 1.13. The summed E-state index contributed by atoms with van der Waals surface area (Å²) in [5, 5.41) is 9.31. The number of thiophene rings is 1. The van der Waals surface area contributed by atoms with E-state index in [2.05, 4.69) is 10.3 Å². The van der Waals surface area contributed by atoms with Crippen molar-refractivity contribution in [1.82, 2.24) is 4.98 Å². The molecule has 1 aliphatic heterocycles. The predicted octanol–water partition coefficient (Wildman–Crippen LogP) is 3.82. The number of amides is 1. The van der Waals surface area contributed by atoms with Gasteiger partial charge in [0.1, 0.15) is 13.2 Å². The summed E-state index contributed by atoms with van der Waals surface area (Å²) >= 11 is 3.00. The summed E-state index contributed by atoms with van der Waals surface area (Å²) in [4.78, 5) is 16.5. The van der Waals surface area contributed by atoms with Crippen LogP contribution in [-0.2, 0) is 11.2 Å². The number of carbonyl (C=O) groups excluding carboxylic acids is 1. The van der Waals surface area contributed by atoms with Crippen LogP contribution in [0.3, 0.4) is 0 Å². The number of rotatable bonds is 4. The maximum Gasteiger partial charge on any atom is 0.230 e. The van der Waals surface area contributed by atoms with Gasteiger partial charge in [0.25, 0.3) is 0 Å². The van der Waals surface area contributed by atoms with Gasteiger partial charge in [0, 0.05) is 10.9 Å². The molecule has 1 amide bonds. The molecule has 1 aromatic carbocycles. The zero-order chi connectivity index (χ0) is 16.4. The molecule has 0 atom stereocenters. The maximum absolute atomic E-state index is 12.0. The first kappa shape index (κ1) is 15.2.